The van der Waals surface area contributed by atoms with E-state index >= 15 is 0 Å². The third kappa shape index (κ3) is 9.67. The summed E-state index contributed by atoms with van der Waals surface area (Å²) in [5.74, 6) is -5.28. The van der Waals surface area contributed by atoms with Crippen molar-refractivity contribution in [2.75, 3.05) is 39.6 Å². The predicted octanol–water partition coefficient (Wildman–Crippen LogP) is 9.81. The first-order chi connectivity index (χ1) is 27.0. The number of hydrogen-bond acceptors (Lipinski definition) is 8. The van der Waals surface area contributed by atoms with Gasteiger partial charge in [0.2, 0.25) is 5.41 Å². The molecule has 16 heteroatoms. The minimum absolute atomic E-state index is 0.0768. The van der Waals surface area contributed by atoms with E-state index in [1.165, 1.54) is 12.1 Å². The number of rotatable bonds is 17. The van der Waals surface area contributed by atoms with Gasteiger partial charge in [-0.2, -0.15) is 26.3 Å². The highest BCUT2D eigenvalue weighted by Gasteiger charge is 2.72. The largest absolute Gasteiger partial charge is 0.494 e. The Hall–Kier alpha value is -5.22. The fourth-order valence-corrected chi connectivity index (χ4v) is 6.09. The van der Waals surface area contributed by atoms with Crippen LogP contribution < -0.4 is 18.9 Å². The molecule has 0 saturated carbocycles. The Morgan fingerprint density at radius 2 is 1.07 bits per heavy atom. The van der Waals surface area contributed by atoms with Crippen molar-refractivity contribution < 1.29 is 73.1 Å². The normalized spacial score (nSPS) is 14.1. The van der Waals surface area contributed by atoms with Crippen molar-refractivity contribution in [1.29, 1.82) is 0 Å². The zero-order valence-corrected chi connectivity index (χ0v) is 30.7. The molecule has 1 heterocycles. The van der Waals surface area contributed by atoms with E-state index in [4.69, 9.17) is 28.4 Å². The summed E-state index contributed by atoms with van der Waals surface area (Å²) in [4.78, 5) is 25.3. The Kier molecular flexibility index (Phi) is 13.5. The van der Waals surface area contributed by atoms with Gasteiger partial charge in [-0.1, -0.05) is 31.2 Å². The van der Waals surface area contributed by atoms with Gasteiger partial charge in [0.15, 0.2) is 0 Å². The fraction of sp³-hybridized carbons (Fsp3) is 0.366. The van der Waals surface area contributed by atoms with E-state index in [1.54, 1.807) is 6.92 Å². The van der Waals surface area contributed by atoms with E-state index in [0.29, 0.717) is 87.8 Å². The Labute approximate surface area is 322 Å². The van der Waals surface area contributed by atoms with Gasteiger partial charge in [-0.25, -0.2) is 18.4 Å². The maximum atomic E-state index is 14.9. The fourth-order valence-electron chi connectivity index (χ4n) is 6.09. The van der Waals surface area contributed by atoms with Crippen molar-refractivity contribution in [2.24, 2.45) is 5.41 Å². The Bertz CT molecular complexity index is 1970. The number of ether oxygens (including phenoxy) is 6. The summed E-state index contributed by atoms with van der Waals surface area (Å²) < 4.78 is 149. The Morgan fingerprint density at radius 1 is 0.632 bits per heavy atom. The van der Waals surface area contributed by atoms with Crippen molar-refractivity contribution in [2.45, 2.75) is 50.9 Å². The number of carbonyl (C=O) groups is 2. The third-order valence-electron chi connectivity index (χ3n) is 9.40. The van der Waals surface area contributed by atoms with Crippen LogP contribution in [0.1, 0.15) is 65.0 Å². The highest BCUT2D eigenvalue weighted by Crippen LogP contribution is 2.56. The smallest absolute Gasteiger partial charge is 0.411 e. The van der Waals surface area contributed by atoms with Gasteiger partial charge in [0.05, 0.1) is 44.2 Å². The van der Waals surface area contributed by atoms with Gasteiger partial charge in [0.25, 0.3) is 0 Å². The van der Waals surface area contributed by atoms with Crippen LogP contribution in [-0.4, -0.2) is 63.9 Å². The lowest BCUT2D eigenvalue weighted by Gasteiger charge is -2.40. The quantitative estimate of drug-likeness (QED) is 0.0451. The summed E-state index contributed by atoms with van der Waals surface area (Å²) in [6.07, 6.45) is -9.69. The van der Waals surface area contributed by atoms with Gasteiger partial charge in [-0.3, -0.25) is 0 Å². The van der Waals surface area contributed by atoms with Crippen LogP contribution in [0.3, 0.4) is 0 Å². The number of unbranched alkanes of at least 4 members (excludes halogenated alkanes) is 1. The number of alkyl halides is 6. The molecule has 4 aromatic rings. The molecular weight excluding hydrogens is 772 g/mol. The highest BCUT2D eigenvalue weighted by atomic mass is 19.4. The molecule has 0 bridgehead atoms. The van der Waals surface area contributed by atoms with Crippen LogP contribution in [0.4, 0.5) is 35.1 Å². The molecule has 8 nitrogen and oxygen atoms in total. The number of hydrogen-bond donors (Lipinski definition) is 0. The van der Waals surface area contributed by atoms with E-state index in [0.717, 1.165) is 30.7 Å². The van der Waals surface area contributed by atoms with Crippen molar-refractivity contribution in [3.63, 3.8) is 0 Å². The summed E-state index contributed by atoms with van der Waals surface area (Å²) in [6, 6.07) is 11.3. The van der Waals surface area contributed by atoms with Gasteiger partial charge in [-0.05, 0) is 85.8 Å². The molecule has 57 heavy (non-hydrogen) atoms. The first-order valence-corrected chi connectivity index (χ1v) is 17.8. The molecule has 0 aliphatic carbocycles. The average molecular weight is 811 g/mol. The second-order valence-corrected chi connectivity index (χ2v) is 13.2. The summed E-state index contributed by atoms with van der Waals surface area (Å²) in [5, 5.41) is 0. The lowest BCUT2D eigenvalue weighted by Crippen LogP contribution is -2.54. The predicted molar refractivity (Wildman–Crippen MR) is 189 cm³/mol. The highest BCUT2D eigenvalue weighted by molar-refractivity contribution is 5.92. The number of carbonyl (C=O) groups excluding carboxylic acids is 2. The molecule has 0 amide bonds. The molecule has 0 atom stereocenters. The van der Waals surface area contributed by atoms with E-state index in [2.05, 4.69) is 6.92 Å². The van der Waals surface area contributed by atoms with Crippen molar-refractivity contribution >= 4 is 11.9 Å². The maximum Gasteiger partial charge on any atom is 0.411 e. The summed E-state index contributed by atoms with van der Waals surface area (Å²) in [5.41, 5.74) is -8.23. The van der Waals surface area contributed by atoms with Crippen LogP contribution in [0.2, 0.25) is 0 Å². The van der Waals surface area contributed by atoms with Crippen LogP contribution in [0.5, 0.6) is 23.0 Å². The first-order valence-electron chi connectivity index (χ1n) is 17.8. The molecule has 0 N–H and O–H groups in total. The Morgan fingerprint density at radius 3 is 1.46 bits per heavy atom. The maximum absolute atomic E-state index is 14.9. The SMILES string of the molecule is CCOc1ccc(C(=O)Oc2ccc(C(c3ccc(OC(=O)c4ccc(OCCCCOCC5(CC)COC5)cc4F)cc3)(C(F)(F)F)C(F)(F)F)cc2)c(F)c1. The lowest BCUT2D eigenvalue weighted by molar-refractivity contribution is -0.288. The zero-order chi connectivity index (χ0) is 41.4. The van der Waals surface area contributed by atoms with Crippen LogP contribution in [0.25, 0.3) is 0 Å². The van der Waals surface area contributed by atoms with Crippen molar-refractivity contribution in [3.05, 3.63) is 119 Å². The summed E-state index contributed by atoms with van der Waals surface area (Å²) in [7, 11) is 0. The van der Waals surface area contributed by atoms with Crippen LogP contribution in [-0.2, 0) is 14.9 Å². The van der Waals surface area contributed by atoms with Gasteiger partial charge >= 0.3 is 24.3 Å². The number of halogens is 8. The molecule has 1 aliphatic heterocycles. The molecule has 1 fully saturated rings. The summed E-state index contributed by atoms with van der Waals surface area (Å²) >= 11 is 0. The van der Waals surface area contributed by atoms with Gasteiger partial charge in [-0.15, -0.1) is 0 Å². The van der Waals surface area contributed by atoms with E-state index < -0.39 is 75.1 Å². The molecule has 0 aromatic heterocycles. The monoisotopic (exact) mass is 810 g/mol. The Balaban J connectivity index is 1.24. The van der Waals surface area contributed by atoms with E-state index in [1.807, 2.05) is 0 Å². The molecule has 5 rings (SSSR count). The molecule has 306 valence electrons. The second kappa shape index (κ2) is 17.9. The van der Waals surface area contributed by atoms with Crippen molar-refractivity contribution in [1.82, 2.24) is 0 Å². The molecule has 0 unspecified atom stereocenters. The second-order valence-electron chi connectivity index (χ2n) is 13.2. The molecule has 1 aliphatic rings. The van der Waals surface area contributed by atoms with Gasteiger partial charge in [0, 0.05) is 24.2 Å². The third-order valence-corrected chi connectivity index (χ3v) is 9.40. The first kappa shape index (κ1) is 42.9. The molecule has 4 aromatic carbocycles. The molecule has 0 spiro atoms. The lowest BCUT2D eigenvalue weighted by atomic mass is 9.73. The van der Waals surface area contributed by atoms with Crippen LogP contribution in [0.15, 0.2) is 84.9 Å². The molecule has 0 radical (unpaired) electrons. The minimum atomic E-state index is -5.97. The zero-order valence-electron chi connectivity index (χ0n) is 30.7. The van der Waals surface area contributed by atoms with Gasteiger partial charge < -0.3 is 28.4 Å². The van der Waals surface area contributed by atoms with Crippen LogP contribution in [0, 0.1) is 17.0 Å². The van der Waals surface area contributed by atoms with Crippen LogP contribution >= 0.6 is 0 Å². The standard InChI is InChI=1S/C41H38F8O8/c1-3-38(24-53-25-38)23-52-19-5-6-20-55-31-16-18-33(35(43)22-31)37(51)57-29-13-9-27(10-14-29)39(40(44,45)46,41(47,48)49)26-7-11-28(12-8-26)56-36(50)32-17-15-30(54-4-2)21-34(32)42/h7-18,21-22H,3-6,19-20,23-25H2,1-2H3. The average Bonchev–Trinajstić information content (AvgIpc) is 3.13. The number of benzene rings is 4. The van der Waals surface area contributed by atoms with E-state index in [9.17, 15) is 44.7 Å². The number of esters is 2. The molecule has 1 saturated heterocycles. The van der Waals surface area contributed by atoms with Crippen molar-refractivity contribution in [3.8, 4) is 23.0 Å². The van der Waals surface area contributed by atoms with E-state index in [-0.39, 0.29) is 30.1 Å². The molecular formula is C41H38F8O8. The van der Waals surface area contributed by atoms with Gasteiger partial charge in [0.1, 0.15) is 34.6 Å². The minimum Gasteiger partial charge on any atom is -0.494 e. The topological polar surface area (TPSA) is 89.5 Å². The summed E-state index contributed by atoms with van der Waals surface area (Å²) in [6.45, 7) is 6.66.